The van der Waals surface area contributed by atoms with Gasteiger partial charge in [-0.3, -0.25) is 4.79 Å². The lowest BCUT2D eigenvalue weighted by Crippen LogP contribution is -2.23. The van der Waals surface area contributed by atoms with E-state index in [4.69, 9.17) is 4.74 Å². The van der Waals surface area contributed by atoms with Crippen molar-refractivity contribution in [3.8, 4) is 5.75 Å². The highest BCUT2D eigenvalue weighted by Crippen LogP contribution is 2.19. The molecule has 0 radical (unpaired) electrons. The summed E-state index contributed by atoms with van der Waals surface area (Å²) >= 11 is 0. The predicted octanol–water partition coefficient (Wildman–Crippen LogP) is 3.49. The summed E-state index contributed by atoms with van der Waals surface area (Å²) in [5.74, 6) is 1.24. The molecule has 1 atom stereocenters. The highest BCUT2D eigenvalue weighted by molar-refractivity contribution is 5.91. The monoisotopic (exact) mass is 301 g/mol. The first kappa shape index (κ1) is 16.1. The average Bonchev–Trinajstić information content (AvgIpc) is 2.93. The molecule has 0 saturated carbocycles. The van der Waals surface area contributed by atoms with E-state index >= 15 is 0 Å². The molecule has 0 saturated heterocycles. The van der Waals surface area contributed by atoms with E-state index in [9.17, 15) is 4.79 Å². The Bertz CT molecular complexity index is 649. The summed E-state index contributed by atoms with van der Waals surface area (Å²) in [6.45, 7) is 8.13. The highest BCUT2D eigenvalue weighted by atomic mass is 16.5. The van der Waals surface area contributed by atoms with Gasteiger partial charge < -0.3 is 10.1 Å². The van der Waals surface area contributed by atoms with E-state index in [0.717, 1.165) is 17.7 Å². The van der Waals surface area contributed by atoms with E-state index in [1.807, 2.05) is 36.7 Å². The van der Waals surface area contributed by atoms with Crippen molar-refractivity contribution in [3.63, 3.8) is 0 Å². The number of aromatic nitrogens is 2. The van der Waals surface area contributed by atoms with Crippen LogP contribution >= 0.6 is 0 Å². The molecule has 0 aliphatic heterocycles. The molecule has 5 heteroatoms. The minimum absolute atomic E-state index is 0.0183. The Kier molecular flexibility index (Phi) is 5.20. The van der Waals surface area contributed by atoms with Gasteiger partial charge in [0.05, 0.1) is 12.2 Å². The minimum Gasteiger partial charge on any atom is -0.483 e. The fourth-order valence-corrected chi connectivity index (χ4v) is 2.22. The number of aryl methyl sites for hydroxylation is 2. The largest absolute Gasteiger partial charge is 0.483 e. The maximum absolute atomic E-state index is 12.0. The normalized spacial score (nSPS) is 12.0. The summed E-state index contributed by atoms with van der Waals surface area (Å²) in [6, 6.07) is 7.93. The lowest BCUT2D eigenvalue weighted by molar-refractivity contribution is -0.118. The summed E-state index contributed by atoms with van der Waals surface area (Å²) < 4.78 is 7.40. The zero-order valence-electron chi connectivity index (χ0n) is 13.6. The van der Waals surface area contributed by atoms with Crippen LogP contribution in [0.1, 0.15) is 37.4 Å². The molecule has 0 fully saturated rings. The number of carbonyl (C=O) groups is 1. The van der Waals surface area contributed by atoms with Gasteiger partial charge in [-0.15, -0.1) is 0 Å². The number of benzene rings is 1. The third kappa shape index (κ3) is 3.87. The second kappa shape index (κ2) is 7.11. The highest BCUT2D eigenvalue weighted by Gasteiger charge is 2.12. The molecule has 22 heavy (non-hydrogen) atoms. The van der Waals surface area contributed by atoms with Crippen molar-refractivity contribution in [3.05, 3.63) is 41.6 Å². The van der Waals surface area contributed by atoms with Crippen LogP contribution in [0.5, 0.6) is 5.75 Å². The van der Waals surface area contributed by atoms with Crippen LogP contribution in [0.15, 0.2) is 30.5 Å². The number of ether oxygens (including phenoxy) is 1. The fourth-order valence-electron chi connectivity index (χ4n) is 2.22. The molecule has 1 amide bonds. The van der Waals surface area contributed by atoms with Gasteiger partial charge in [0.2, 0.25) is 0 Å². The van der Waals surface area contributed by atoms with Crippen molar-refractivity contribution < 1.29 is 9.53 Å². The molecule has 118 valence electrons. The van der Waals surface area contributed by atoms with Gasteiger partial charge in [-0.05, 0) is 38.8 Å². The summed E-state index contributed by atoms with van der Waals surface area (Å²) in [7, 11) is 0. The molecule has 0 spiro atoms. The van der Waals surface area contributed by atoms with Crippen LogP contribution in [0.2, 0.25) is 0 Å². The molecule has 0 aliphatic rings. The maximum atomic E-state index is 12.0. The first-order valence-corrected chi connectivity index (χ1v) is 7.54. The molecule has 1 heterocycles. The topological polar surface area (TPSA) is 56.2 Å². The van der Waals surface area contributed by atoms with Crippen LogP contribution in [-0.2, 0) is 4.79 Å². The van der Waals surface area contributed by atoms with E-state index in [1.54, 1.807) is 12.3 Å². The first-order valence-electron chi connectivity index (χ1n) is 7.54. The molecule has 2 rings (SSSR count). The van der Waals surface area contributed by atoms with Crippen LogP contribution in [0.4, 0.5) is 5.82 Å². The number of amides is 1. The number of rotatable bonds is 6. The van der Waals surface area contributed by atoms with Gasteiger partial charge in [-0.1, -0.05) is 24.6 Å². The Morgan fingerprint density at radius 2 is 2.14 bits per heavy atom. The van der Waals surface area contributed by atoms with Crippen molar-refractivity contribution in [1.29, 1.82) is 0 Å². The third-order valence-corrected chi connectivity index (χ3v) is 3.64. The summed E-state index contributed by atoms with van der Waals surface area (Å²) in [6.07, 6.45) is 2.64. The van der Waals surface area contributed by atoms with E-state index in [-0.39, 0.29) is 18.6 Å². The van der Waals surface area contributed by atoms with Crippen LogP contribution in [-0.4, -0.2) is 22.3 Å². The maximum Gasteiger partial charge on any atom is 0.263 e. The van der Waals surface area contributed by atoms with Crippen molar-refractivity contribution >= 4 is 11.7 Å². The Hall–Kier alpha value is -2.30. The standard InChI is InChI=1S/C17H23N3O2/c1-5-14(4)20-16(8-9-18-20)19-17(21)11-22-15-7-6-12(2)10-13(15)3/h6-10,14H,5,11H2,1-4H3,(H,19,21). The number of hydrogen-bond acceptors (Lipinski definition) is 3. The average molecular weight is 301 g/mol. The van der Waals surface area contributed by atoms with Gasteiger partial charge in [0.15, 0.2) is 6.61 Å². The van der Waals surface area contributed by atoms with E-state index in [2.05, 4.69) is 24.3 Å². The fraction of sp³-hybridized carbons (Fsp3) is 0.412. The van der Waals surface area contributed by atoms with Crippen molar-refractivity contribution in [1.82, 2.24) is 9.78 Å². The van der Waals surface area contributed by atoms with Gasteiger partial charge in [0, 0.05) is 6.07 Å². The van der Waals surface area contributed by atoms with Gasteiger partial charge >= 0.3 is 0 Å². The van der Waals surface area contributed by atoms with Crippen LogP contribution in [0.3, 0.4) is 0 Å². The lowest BCUT2D eigenvalue weighted by Gasteiger charge is -2.14. The number of nitrogens with one attached hydrogen (secondary N) is 1. The molecule has 1 aromatic carbocycles. The molecule has 0 aliphatic carbocycles. The third-order valence-electron chi connectivity index (χ3n) is 3.64. The molecule has 5 nitrogen and oxygen atoms in total. The van der Waals surface area contributed by atoms with Crippen molar-refractivity contribution in [2.75, 3.05) is 11.9 Å². The molecule has 2 aromatic rings. The quantitative estimate of drug-likeness (QED) is 0.888. The van der Waals surface area contributed by atoms with Crippen molar-refractivity contribution in [2.45, 2.75) is 40.2 Å². The number of carbonyl (C=O) groups excluding carboxylic acids is 1. The molecular formula is C17H23N3O2. The minimum atomic E-state index is -0.190. The second-order valence-electron chi connectivity index (χ2n) is 5.52. The van der Waals surface area contributed by atoms with Gasteiger partial charge in [-0.2, -0.15) is 5.10 Å². The van der Waals surface area contributed by atoms with E-state index < -0.39 is 0 Å². The zero-order chi connectivity index (χ0) is 16.1. The van der Waals surface area contributed by atoms with Gasteiger partial charge in [-0.25, -0.2) is 4.68 Å². The Morgan fingerprint density at radius 3 is 2.82 bits per heavy atom. The Balaban J connectivity index is 1.95. The molecule has 0 bridgehead atoms. The number of hydrogen-bond donors (Lipinski definition) is 1. The van der Waals surface area contributed by atoms with Crippen molar-refractivity contribution in [2.24, 2.45) is 0 Å². The summed E-state index contributed by atoms with van der Waals surface area (Å²) in [5.41, 5.74) is 2.20. The van der Waals surface area contributed by atoms with E-state index in [1.165, 1.54) is 5.56 Å². The number of anilines is 1. The van der Waals surface area contributed by atoms with E-state index in [0.29, 0.717) is 5.82 Å². The van der Waals surface area contributed by atoms with Gasteiger partial charge in [0.25, 0.3) is 5.91 Å². The predicted molar refractivity (Wildman–Crippen MR) is 87.3 cm³/mol. The summed E-state index contributed by atoms with van der Waals surface area (Å²) in [4.78, 5) is 12.0. The van der Waals surface area contributed by atoms with Crippen LogP contribution < -0.4 is 10.1 Å². The zero-order valence-corrected chi connectivity index (χ0v) is 13.6. The Morgan fingerprint density at radius 1 is 1.36 bits per heavy atom. The smallest absolute Gasteiger partial charge is 0.263 e. The molecule has 1 aromatic heterocycles. The molecule has 1 unspecified atom stereocenters. The first-order chi connectivity index (χ1) is 10.5. The van der Waals surface area contributed by atoms with Crippen LogP contribution in [0.25, 0.3) is 0 Å². The lowest BCUT2D eigenvalue weighted by atomic mass is 10.1. The Labute approximate surface area is 131 Å². The molecule has 1 N–H and O–H groups in total. The summed E-state index contributed by atoms with van der Waals surface area (Å²) in [5, 5.41) is 7.09. The molecular weight excluding hydrogens is 278 g/mol. The van der Waals surface area contributed by atoms with Gasteiger partial charge in [0.1, 0.15) is 11.6 Å². The van der Waals surface area contributed by atoms with Crippen LogP contribution in [0, 0.1) is 13.8 Å². The SMILES string of the molecule is CCC(C)n1nccc1NC(=O)COc1ccc(C)cc1C. The second-order valence-corrected chi connectivity index (χ2v) is 5.52. The number of nitrogens with zero attached hydrogens (tertiary/aromatic N) is 2.